The minimum Gasteiger partial charge on any atom is -0.466 e. The predicted octanol–water partition coefficient (Wildman–Crippen LogP) is 2.61. The third kappa shape index (κ3) is 1.45. The van der Waals surface area contributed by atoms with Crippen molar-refractivity contribution in [3.05, 3.63) is 28.2 Å². The van der Waals surface area contributed by atoms with Crippen LogP contribution in [0.15, 0.2) is 22.7 Å². The van der Waals surface area contributed by atoms with Crippen LogP contribution in [0.1, 0.15) is 25.8 Å². The Balaban J connectivity index is 2.07. The third-order valence-electron chi connectivity index (χ3n) is 4.24. The number of amides is 1. The van der Waals surface area contributed by atoms with Gasteiger partial charge < -0.3 is 10.1 Å². The van der Waals surface area contributed by atoms with Crippen molar-refractivity contribution in [1.29, 1.82) is 0 Å². The van der Waals surface area contributed by atoms with Crippen LogP contribution >= 0.6 is 15.9 Å². The second-order valence-electron chi connectivity index (χ2n) is 5.28. The molecule has 0 bridgehead atoms. The highest BCUT2D eigenvalue weighted by molar-refractivity contribution is 9.10. The maximum Gasteiger partial charge on any atom is 0.313 e. The topological polar surface area (TPSA) is 55.4 Å². The first-order valence-corrected chi connectivity index (χ1v) is 7.04. The number of ether oxygens (including phenoxy) is 1. The SMILES string of the molecule is CCOC(=O)[C@@]1(C)C[C@]12C(=O)Nc1ccc(Br)cc12. The molecule has 1 aliphatic carbocycles. The predicted molar refractivity (Wildman–Crippen MR) is 73.8 cm³/mol. The molecule has 0 saturated heterocycles. The molecule has 19 heavy (non-hydrogen) atoms. The molecule has 4 nitrogen and oxygen atoms in total. The van der Waals surface area contributed by atoms with Crippen molar-refractivity contribution in [2.45, 2.75) is 25.7 Å². The van der Waals surface area contributed by atoms with Gasteiger partial charge in [-0.25, -0.2) is 0 Å². The van der Waals surface area contributed by atoms with E-state index in [1.807, 2.05) is 18.2 Å². The van der Waals surface area contributed by atoms with Gasteiger partial charge in [0.05, 0.1) is 17.4 Å². The molecule has 1 aromatic rings. The van der Waals surface area contributed by atoms with Crippen molar-refractivity contribution in [2.24, 2.45) is 5.41 Å². The van der Waals surface area contributed by atoms with E-state index < -0.39 is 10.8 Å². The summed E-state index contributed by atoms with van der Waals surface area (Å²) in [6.07, 6.45) is 0.508. The highest BCUT2D eigenvalue weighted by Gasteiger charge is 2.77. The van der Waals surface area contributed by atoms with Gasteiger partial charge in [0.25, 0.3) is 0 Å². The van der Waals surface area contributed by atoms with Crippen LogP contribution in [0.3, 0.4) is 0 Å². The number of fused-ring (bicyclic) bond motifs is 2. The van der Waals surface area contributed by atoms with Crippen molar-refractivity contribution in [3.63, 3.8) is 0 Å². The second kappa shape index (κ2) is 3.82. The minimum absolute atomic E-state index is 0.101. The Bertz CT molecular complexity index is 600. The van der Waals surface area contributed by atoms with Crippen LogP contribution < -0.4 is 5.32 Å². The van der Waals surface area contributed by atoms with Gasteiger partial charge in [-0.05, 0) is 44.0 Å². The first-order chi connectivity index (χ1) is 8.95. The van der Waals surface area contributed by atoms with Crippen LogP contribution in [-0.2, 0) is 19.7 Å². The standard InChI is InChI=1S/C14H14BrNO3/c1-3-19-12(18)13(2)7-14(13)9-6-8(15)4-5-10(9)16-11(14)17/h4-6H,3,7H2,1-2H3,(H,16,17)/t13-,14+/m1/s1. The fourth-order valence-electron chi connectivity index (χ4n) is 3.08. The van der Waals surface area contributed by atoms with E-state index in [2.05, 4.69) is 21.2 Å². The molecule has 5 heteroatoms. The molecule has 1 fully saturated rings. The lowest BCUT2D eigenvalue weighted by Gasteiger charge is -2.15. The van der Waals surface area contributed by atoms with Crippen molar-refractivity contribution < 1.29 is 14.3 Å². The maximum absolute atomic E-state index is 12.3. The van der Waals surface area contributed by atoms with Gasteiger partial charge in [-0.2, -0.15) is 0 Å². The molecule has 1 N–H and O–H groups in total. The molecule has 2 atom stereocenters. The molecule has 1 amide bonds. The summed E-state index contributed by atoms with van der Waals surface area (Å²) in [4.78, 5) is 24.4. The number of hydrogen-bond acceptors (Lipinski definition) is 3. The lowest BCUT2D eigenvalue weighted by atomic mass is 9.88. The fourth-order valence-corrected chi connectivity index (χ4v) is 3.44. The maximum atomic E-state index is 12.3. The molecule has 3 rings (SSSR count). The number of anilines is 1. The molecule has 1 saturated carbocycles. The van der Waals surface area contributed by atoms with Gasteiger partial charge in [0.15, 0.2) is 0 Å². The zero-order valence-corrected chi connectivity index (χ0v) is 12.3. The summed E-state index contributed by atoms with van der Waals surface area (Å²) >= 11 is 3.41. The summed E-state index contributed by atoms with van der Waals surface area (Å²) in [5.41, 5.74) is 0.181. The number of esters is 1. The van der Waals surface area contributed by atoms with E-state index >= 15 is 0 Å². The van der Waals surface area contributed by atoms with Crippen LogP contribution in [-0.4, -0.2) is 18.5 Å². The first-order valence-electron chi connectivity index (χ1n) is 6.24. The van der Waals surface area contributed by atoms with Gasteiger partial charge in [-0.15, -0.1) is 0 Å². The molecule has 1 heterocycles. The Kier molecular flexibility index (Phi) is 2.55. The van der Waals surface area contributed by atoms with E-state index in [1.54, 1.807) is 13.8 Å². The van der Waals surface area contributed by atoms with Crippen molar-refractivity contribution in [2.75, 3.05) is 11.9 Å². The zero-order valence-electron chi connectivity index (χ0n) is 10.7. The Labute approximate surface area is 119 Å². The summed E-state index contributed by atoms with van der Waals surface area (Å²) < 4.78 is 6.02. The molecule has 0 unspecified atom stereocenters. The van der Waals surface area contributed by atoms with E-state index in [-0.39, 0.29) is 11.9 Å². The van der Waals surface area contributed by atoms with E-state index in [9.17, 15) is 9.59 Å². The highest BCUT2D eigenvalue weighted by Crippen LogP contribution is 2.69. The van der Waals surface area contributed by atoms with Crippen LogP contribution in [0.4, 0.5) is 5.69 Å². The number of rotatable bonds is 2. The summed E-state index contributed by atoms with van der Waals surface area (Å²) in [6.45, 7) is 3.91. The average Bonchev–Trinajstić information content (AvgIpc) is 2.92. The molecular formula is C14H14BrNO3. The van der Waals surface area contributed by atoms with E-state index in [0.717, 1.165) is 15.7 Å². The van der Waals surface area contributed by atoms with Crippen molar-refractivity contribution in [3.8, 4) is 0 Å². The van der Waals surface area contributed by atoms with Crippen LogP contribution in [0.5, 0.6) is 0 Å². The average molecular weight is 324 g/mol. The van der Waals surface area contributed by atoms with E-state index in [0.29, 0.717) is 13.0 Å². The van der Waals surface area contributed by atoms with Gasteiger partial charge >= 0.3 is 5.97 Å². The fraction of sp³-hybridized carbons (Fsp3) is 0.429. The first kappa shape index (κ1) is 12.7. The van der Waals surface area contributed by atoms with Gasteiger partial charge in [0.2, 0.25) is 5.91 Å². The van der Waals surface area contributed by atoms with Crippen LogP contribution in [0.25, 0.3) is 0 Å². The summed E-state index contributed by atoms with van der Waals surface area (Å²) in [5.74, 6) is -0.394. The van der Waals surface area contributed by atoms with E-state index in [4.69, 9.17) is 4.74 Å². The van der Waals surface area contributed by atoms with Gasteiger partial charge in [-0.3, -0.25) is 9.59 Å². The van der Waals surface area contributed by atoms with E-state index in [1.165, 1.54) is 0 Å². The Morgan fingerprint density at radius 3 is 2.95 bits per heavy atom. The number of carbonyl (C=O) groups is 2. The Morgan fingerprint density at radius 1 is 1.53 bits per heavy atom. The monoisotopic (exact) mass is 323 g/mol. The third-order valence-corrected chi connectivity index (χ3v) is 4.73. The highest BCUT2D eigenvalue weighted by atomic mass is 79.9. The molecular weight excluding hydrogens is 310 g/mol. The summed E-state index contributed by atoms with van der Waals surface area (Å²) in [6, 6.07) is 5.65. The van der Waals surface area contributed by atoms with Gasteiger partial charge in [0, 0.05) is 10.2 Å². The molecule has 1 aromatic carbocycles. The minimum atomic E-state index is -0.752. The Hall–Kier alpha value is -1.36. The normalized spacial score (nSPS) is 31.0. The second-order valence-corrected chi connectivity index (χ2v) is 6.19. The van der Waals surface area contributed by atoms with Crippen molar-refractivity contribution >= 4 is 33.5 Å². The molecule has 100 valence electrons. The quantitative estimate of drug-likeness (QED) is 0.851. The van der Waals surface area contributed by atoms with Gasteiger partial charge in [-0.1, -0.05) is 15.9 Å². The van der Waals surface area contributed by atoms with Crippen LogP contribution in [0, 0.1) is 5.41 Å². The Morgan fingerprint density at radius 2 is 2.26 bits per heavy atom. The summed E-state index contributed by atoms with van der Waals surface area (Å²) in [7, 11) is 0. The van der Waals surface area contributed by atoms with Crippen molar-refractivity contribution in [1.82, 2.24) is 0 Å². The molecule has 0 radical (unpaired) electrons. The lowest BCUT2D eigenvalue weighted by molar-refractivity contribution is -0.150. The number of carbonyl (C=O) groups excluding carboxylic acids is 2. The summed E-state index contributed by atoms with van der Waals surface area (Å²) in [5, 5.41) is 2.86. The molecule has 1 aliphatic heterocycles. The zero-order chi connectivity index (χ0) is 13.8. The molecule has 2 aliphatic rings. The largest absolute Gasteiger partial charge is 0.466 e. The van der Waals surface area contributed by atoms with Crippen LogP contribution in [0.2, 0.25) is 0 Å². The molecule has 0 aromatic heterocycles. The smallest absolute Gasteiger partial charge is 0.313 e. The number of halogens is 1. The van der Waals surface area contributed by atoms with Gasteiger partial charge in [0.1, 0.15) is 0 Å². The number of benzene rings is 1. The molecule has 1 spiro atoms. The number of nitrogens with one attached hydrogen (secondary N) is 1. The lowest BCUT2D eigenvalue weighted by Crippen LogP contribution is -2.31. The number of hydrogen-bond donors (Lipinski definition) is 1.